The lowest BCUT2D eigenvalue weighted by Gasteiger charge is -2.38. The Morgan fingerprint density at radius 1 is 1.14 bits per heavy atom. The maximum absolute atomic E-state index is 11.8. The van der Waals surface area contributed by atoms with Gasteiger partial charge in [-0.3, -0.25) is 9.36 Å². The summed E-state index contributed by atoms with van der Waals surface area (Å²) in [4.78, 5) is 16.8. The standard InChI is InChI=1S/C21H36N6O/c1-16-6-4-11-26(14-16)20-24-23-19(17-7-8-18(28)22-17)27(20)13-12-25-10-5-9-21(2,3)15-25/h16-17H,4-15H2,1-3H3,(H,22,28). The summed E-state index contributed by atoms with van der Waals surface area (Å²) in [5.74, 6) is 2.76. The van der Waals surface area contributed by atoms with Crippen molar-refractivity contribution in [2.24, 2.45) is 11.3 Å². The van der Waals surface area contributed by atoms with Crippen LogP contribution in [0.3, 0.4) is 0 Å². The Balaban J connectivity index is 1.53. The number of amides is 1. The van der Waals surface area contributed by atoms with Crippen LogP contribution in [-0.2, 0) is 11.3 Å². The van der Waals surface area contributed by atoms with E-state index in [1.807, 2.05) is 0 Å². The number of likely N-dealkylation sites (tertiary alicyclic amines) is 1. The van der Waals surface area contributed by atoms with Gasteiger partial charge in [-0.05, 0) is 50.0 Å². The van der Waals surface area contributed by atoms with Gasteiger partial charge in [0.05, 0.1) is 6.04 Å². The van der Waals surface area contributed by atoms with Crippen molar-refractivity contribution in [1.29, 1.82) is 0 Å². The Labute approximate surface area is 168 Å². The number of hydrogen-bond acceptors (Lipinski definition) is 5. The van der Waals surface area contributed by atoms with Crippen LogP contribution in [0.25, 0.3) is 0 Å². The van der Waals surface area contributed by atoms with E-state index in [0.717, 1.165) is 50.9 Å². The predicted octanol–water partition coefficient (Wildman–Crippen LogP) is 2.59. The molecule has 2 unspecified atom stereocenters. The molecule has 3 aliphatic heterocycles. The number of piperidine rings is 2. The number of aromatic nitrogens is 3. The van der Waals surface area contributed by atoms with Gasteiger partial charge in [0.2, 0.25) is 11.9 Å². The maximum atomic E-state index is 11.8. The molecule has 4 heterocycles. The average Bonchev–Trinajstić information content (AvgIpc) is 3.25. The van der Waals surface area contributed by atoms with Gasteiger partial charge in [-0.25, -0.2) is 0 Å². The molecule has 28 heavy (non-hydrogen) atoms. The normalized spacial score (nSPS) is 28.5. The van der Waals surface area contributed by atoms with Crippen molar-refractivity contribution in [3.05, 3.63) is 5.82 Å². The van der Waals surface area contributed by atoms with E-state index in [1.54, 1.807) is 0 Å². The van der Waals surface area contributed by atoms with E-state index in [1.165, 1.54) is 32.2 Å². The molecule has 156 valence electrons. The summed E-state index contributed by atoms with van der Waals surface area (Å²) in [5, 5.41) is 12.3. The van der Waals surface area contributed by atoms with Crippen molar-refractivity contribution in [3.63, 3.8) is 0 Å². The van der Waals surface area contributed by atoms with E-state index >= 15 is 0 Å². The minimum atomic E-state index is 0.00811. The molecule has 4 rings (SSSR count). The van der Waals surface area contributed by atoms with Crippen LogP contribution >= 0.6 is 0 Å². The van der Waals surface area contributed by atoms with Crippen LogP contribution in [0.1, 0.15) is 71.2 Å². The number of nitrogens with zero attached hydrogens (tertiary/aromatic N) is 5. The molecule has 0 spiro atoms. The van der Waals surface area contributed by atoms with Crippen LogP contribution in [0, 0.1) is 11.3 Å². The maximum Gasteiger partial charge on any atom is 0.227 e. The Hall–Kier alpha value is -1.63. The van der Waals surface area contributed by atoms with Gasteiger partial charge >= 0.3 is 0 Å². The van der Waals surface area contributed by atoms with Crippen LogP contribution in [0.4, 0.5) is 5.95 Å². The van der Waals surface area contributed by atoms with Crippen molar-refractivity contribution < 1.29 is 4.79 Å². The van der Waals surface area contributed by atoms with Gasteiger partial charge in [-0.15, -0.1) is 10.2 Å². The van der Waals surface area contributed by atoms with Crippen LogP contribution < -0.4 is 10.2 Å². The number of anilines is 1. The van der Waals surface area contributed by atoms with Crippen LogP contribution in [-0.4, -0.2) is 58.3 Å². The van der Waals surface area contributed by atoms with Crippen molar-refractivity contribution in [3.8, 4) is 0 Å². The minimum absolute atomic E-state index is 0.00811. The third-order valence-corrected chi connectivity index (χ3v) is 6.63. The van der Waals surface area contributed by atoms with E-state index < -0.39 is 0 Å². The Bertz CT molecular complexity index is 699. The third-order valence-electron chi connectivity index (χ3n) is 6.63. The smallest absolute Gasteiger partial charge is 0.227 e. The molecule has 0 radical (unpaired) electrons. The predicted molar refractivity (Wildman–Crippen MR) is 110 cm³/mol. The average molecular weight is 389 g/mol. The minimum Gasteiger partial charge on any atom is -0.346 e. The molecule has 1 aromatic heterocycles. The molecule has 3 aliphatic rings. The van der Waals surface area contributed by atoms with Gasteiger partial charge in [-0.1, -0.05) is 20.8 Å². The summed E-state index contributed by atoms with van der Waals surface area (Å²) >= 11 is 0. The van der Waals surface area contributed by atoms with Crippen LogP contribution in [0.2, 0.25) is 0 Å². The largest absolute Gasteiger partial charge is 0.346 e. The molecule has 0 aromatic carbocycles. The van der Waals surface area contributed by atoms with Crippen molar-refractivity contribution in [1.82, 2.24) is 25.0 Å². The van der Waals surface area contributed by atoms with Crippen LogP contribution in [0.15, 0.2) is 0 Å². The highest BCUT2D eigenvalue weighted by Gasteiger charge is 2.31. The first-order valence-electron chi connectivity index (χ1n) is 11.1. The molecule has 0 bridgehead atoms. The topological polar surface area (TPSA) is 66.3 Å². The molecule has 1 N–H and O–H groups in total. The number of carbonyl (C=O) groups excluding carboxylic acids is 1. The molecule has 3 saturated heterocycles. The first-order chi connectivity index (χ1) is 13.4. The van der Waals surface area contributed by atoms with Gasteiger partial charge in [0.15, 0.2) is 5.82 Å². The zero-order valence-corrected chi connectivity index (χ0v) is 17.8. The monoisotopic (exact) mass is 388 g/mol. The number of carbonyl (C=O) groups is 1. The second kappa shape index (κ2) is 8.01. The van der Waals surface area contributed by atoms with Gasteiger partial charge in [-0.2, -0.15) is 0 Å². The number of nitrogens with one attached hydrogen (secondary N) is 1. The zero-order chi connectivity index (χ0) is 19.7. The lowest BCUT2D eigenvalue weighted by atomic mass is 9.84. The Morgan fingerprint density at radius 2 is 2.00 bits per heavy atom. The fourth-order valence-electron chi connectivity index (χ4n) is 5.17. The summed E-state index contributed by atoms with van der Waals surface area (Å²) in [6.07, 6.45) is 6.50. The lowest BCUT2D eigenvalue weighted by Crippen LogP contribution is -2.42. The number of rotatable bonds is 5. The highest BCUT2D eigenvalue weighted by atomic mass is 16.1. The van der Waals surface area contributed by atoms with Crippen molar-refractivity contribution in [2.75, 3.05) is 37.6 Å². The summed E-state index contributed by atoms with van der Waals surface area (Å²) in [6, 6.07) is 0.00811. The molecular formula is C21H36N6O. The van der Waals surface area contributed by atoms with Gasteiger partial charge in [0.25, 0.3) is 0 Å². The quantitative estimate of drug-likeness (QED) is 0.840. The van der Waals surface area contributed by atoms with Gasteiger partial charge < -0.3 is 15.1 Å². The van der Waals surface area contributed by atoms with Crippen LogP contribution in [0.5, 0.6) is 0 Å². The van der Waals surface area contributed by atoms with Gasteiger partial charge in [0.1, 0.15) is 0 Å². The van der Waals surface area contributed by atoms with E-state index in [2.05, 4.69) is 50.7 Å². The third kappa shape index (κ3) is 4.34. The zero-order valence-electron chi connectivity index (χ0n) is 17.8. The Morgan fingerprint density at radius 3 is 2.71 bits per heavy atom. The number of hydrogen-bond donors (Lipinski definition) is 1. The first kappa shape index (κ1) is 19.7. The fourth-order valence-corrected chi connectivity index (χ4v) is 5.17. The Kier molecular flexibility index (Phi) is 5.63. The summed E-state index contributed by atoms with van der Waals surface area (Å²) in [6.45, 7) is 13.4. The second-order valence-corrected chi connectivity index (χ2v) is 9.91. The summed E-state index contributed by atoms with van der Waals surface area (Å²) in [7, 11) is 0. The molecule has 2 atom stereocenters. The molecule has 0 saturated carbocycles. The van der Waals surface area contributed by atoms with E-state index in [4.69, 9.17) is 0 Å². The first-order valence-corrected chi connectivity index (χ1v) is 11.1. The lowest BCUT2D eigenvalue weighted by molar-refractivity contribution is -0.119. The highest BCUT2D eigenvalue weighted by molar-refractivity contribution is 5.78. The molecule has 3 fully saturated rings. The van der Waals surface area contributed by atoms with E-state index in [-0.39, 0.29) is 11.9 Å². The molecule has 1 aromatic rings. The molecule has 7 heteroatoms. The summed E-state index contributed by atoms with van der Waals surface area (Å²) < 4.78 is 2.30. The molecule has 1 amide bonds. The molecular weight excluding hydrogens is 352 g/mol. The summed E-state index contributed by atoms with van der Waals surface area (Å²) in [5.41, 5.74) is 0.402. The van der Waals surface area contributed by atoms with Crippen molar-refractivity contribution >= 4 is 11.9 Å². The van der Waals surface area contributed by atoms with Crippen molar-refractivity contribution in [2.45, 2.75) is 71.9 Å². The molecule has 0 aliphatic carbocycles. The van der Waals surface area contributed by atoms with E-state index in [0.29, 0.717) is 17.8 Å². The SMILES string of the molecule is CC1CCCN(c2nnc(C3CCC(=O)N3)n2CCN2CCCC(C)(C)C2)C1. The highest BCUT2D eigenvalue weighted by Crippen LogP contribution is 2.30. The fraction of sp³-hybridized carbons (Fsp3) is 0.857. The second-order valence-electron chi connectivity index (χ2n) is 9.91. The van der Waals surface area contributed by atoms with Gasteiger partial charge in [0, 0.05) is 39.1 Å². The van der Waals surface area contributed by atoms with E-state index in [9.17, 15) is 4.79 Å². The molecule has 7 nitrogen and oxygen atoms in total.